The van der Waals surface area contributed by atoms with Crippen LogP contribution in [0.25, 0.3) is 0 Å². The first-order chi connectivity index (χ1) is 17.5. The fourth-order valence-corrected chi connectivity index (χ4v) is 5.09. The Bertz CT molecular complexity index is 1150. The SMILES string of the molecule is COc1ccc(CN2CCN(C(=O)C3CC(=O)N(c4ccc5c(c4)OCO5)C3)CC2)c(OC)c1OC. The van der Waals surface area contributed by atoms with Crippen LogP contribution in [0.4, 0.5) is 5.69 Å². The molecule has 1 unspecified atom stereocenters. The van der Waals surface area contributed by atoms with Crippen LogP contribution in [0.1, 0.15) is 12.0 Å². The normalized spacial score (nSPS) is 19.5. The minimum absolute atomic E-state index is 0.0370. The molecular weight excluding hydrogens is 466 g/mol. The molecule has 5 rings (SSSR count). The number of anilines is 1. The lowest BCUT2D eigenvalue weighted by molar-refractivity contribution is -0.137. The van der Waals surface area contributed by atoms with Crippen LogP contribution in [0.5, 0.6) is 28.7 Å². The first kappa shape index (κ1) is 24.1. The number of benzene rings is 2. The molecule has 2 aromatic rings. The van der Waals surface area contributed by atoms with Gasteiger partial charge in [0.25, 0.3) is 0 Å². The smallest absolute Gasteiger partial charge is 0.231 e. The van der Waals surface area contributed by atoms with Crippen molar-refractivity contribution in [3.05, 3.63) is 35.9 Å². The fourth-order valence-electron chi connectivity index (χ4n) is 5.09. The number of methoxy groups -OCH3 is 3. The van der Waals surface area contributed by atoms with Crippen molar-refractivity contribution in [3.63, 3.8) is 0 Å². The monoisotopic (exact) mass is 497 g/mol. The van der Waals surface area contributed by atoms with E-state index in [9.17, 15) is 9.59 Å². The molecule has 3 aliphatic heterocycles. The molecule has 0 aromatic heterocycles. The highest BCUT2D eigenvalue weighted by Gasteiger charge is 2.38. The Kier molecular flexibility index (Phi) is 6.77. The maximum Gasteiger partial charge on any atom is 0.231 e. The van der Waals surface area contributed by atoms with Crippen LogP contribution >= 0.6 is 0 Å². The van der Waals surface area contributed by atoms with Gasteiger partial charge in [0.05, 0.1) is 27.2 Å². The Morgan fingerprint density at radius 2 is 1.69 bits per heavy atom. The molecule has 2 aromatic carbocycles. The molecule has 192 valence electrons. The van der Waals surface area contributed by atoms with Crippen LogP contribution in [-0.4, -0.2) is 82.5 Å². The number of ether oxygens (including phenoxy) is 5. The lowest BCUT2D eigenvalue weighted by Gasteiger charge is -2.36. The van der Waals surface area contributed by atoms with Gasteiger partial charge in [-0.15, -0.1) is 0 Å². The number of carbonyl (C=O) groups excluding carboxylic acids is 2. The molecule has 0 radical (unpaired) electrons. The highest BCUT2D eigenvalue weighted by Crippen LogP contribution is 2.40. The average Bonchev–Trinajstić information content (AvgIpc) is 3.54. The van der Waals surface area contributed by atoms with Crippen LogP contribution < -0.4 is 28.6 Å². The molecule has 0 saturated carbocycles. The Balaban J connectivity index is 1.18. The van der Waals surface area contributed by atoms with E-state index >= 15 is 0 Å². The summed E-state index contributed by atoms with van der Waals surface area (Å²) in [4.78, 5) is 31.8. The number of hydrogen-bond donors (Lipinski definition) is 0. The molecule has 10 nitrogen and oxygen atoms in total. The molecule has 3 heterocycles. The second kappa shape index (κ2) is 10.1. The van der Waals surface area contributed by atoms with E-state index in [2.05, 4.69) is 4.90 Å². The molecule has 0 spiro atoms. The topological polar surface area (TPSA) is 90.0 Å². The van der Waals surface area contributed by atoms with Gasteiger partial charge in [0.1, 0.15) is 0 Å². The summed E-state index contributed by atoms with van der Waals surface area (Å²) >= 11 is 0. The van der Waals surface area contributed by atoms with E-state index < -0.39 is 0 Å². The van der Waals surface area contributed by atoms with Crippen LogP contribution in [-0.2, 0) is 16.1 Å². The van der Waals surface area contributed by atoms with Crippen molar-refractivity contribution in [3.8, 4) is 28.7 Å². The molecule has 3 aliphatic rings. The Morgan fingerprint density at radius 1 is 0.944 bits per heavy atom. The molecule has 2 fully saturated rings. The third kappa shape index (κ3) is 4.48. The van der Waals surface area contributed by atoms with E-state index in [-0.39, 0.29) is 30.9 Å². The molecule has 0 bridgehead atoms. The number of hydrogen-bond acceptors (Lipinski definition) is 8. The van der Waals surface area contributed by atoms with E-state index in [0.29, 0.717) is 54.9 Å². The molecule has 10 heteroatoms. The maximum absolute atomic E-state index is 13.3. The van der Waals surface area contributed by atoms with Crippen LogP contribution in [0.15, 0.2) is 30.3 Å². The predicted molar refractivity (Wildman–Crippen MR) is 131 cm³/mol. The van der Waals surface area contributed by atoms with Gasteiger partial charge >= 0.3 is 0 Å². The van der Waals surface area contributed by atoms with Crippen LogP contribution in [0.3, 0.4) is 0 Å². The van der Waals surface area contributed by atoms with Crippen molar-refractivity contribution in [2.24, 2.45) is 5.92 Å². The largest absolute Gasteiger partial charge is 0.493 e. The molecule has 2 saturated heterocycles. The molecule has 0 N–H and O–H groups in total. The second-order valence-electron chi connectivity index (χ2n) is 9.04. The van der Waals surface area contributed by atoms with Gasteiger partial charge in [-0.1, -0.05) is 6.07 Å². The third-order valence-electron chi connectivity index (χ3n) is 7.01. The van der Waals surface area contributed by atoms with Gasteiger partial charge in [-0.2, -0.15) is 0 Å². The van der Waals surface area contributed by atoms with Crippen molar-refractivity contribution >= 4 is 17.5 Å². The van der Waals surface area contributed by atoms with E-state index in [1.54, 1.807) is 38.4 Å². The molecular formula is C26H31N3O7. The van der Waals surface area contributed by atoms with Crippen LogP contribution in [0, 0.1) is 5.92 Å². The van der Waals surface area contributed by atoms with Crippen molar-refractivity contribution in [1.29, 1.82) is 0 Å². The summed E-state index contributed by atoms with van der Waals surface area (Å²) in [7, 11) is 4.81. The second-order valence-corrected chi connectivity index (χ2v) is 9.04. The number of rotatable bonds is 7. The number of fused-ring (bicyclic) bond motifs is 1. The Hall–Kier alpha value is -3.66. The minimum atomic E-state index is -0.347. The highest BCUT2D eigenvalue weighted by atomic mass is 16.7. The zero-order valence-electron chi connectivity index (χ0n) is 20.8. The molecule has 1 atom stereocenters. The lowest BCUT2D eigenvalue weighted by atomic mass is 10.1. The van der Waals surface area contributed by atoms with E-state index in [0.717, 1.165) is 24.3 Å². The summed E-state index contributed by atoms with van der Waals surface area (Å²) in [5.74, 6) is 2.78. The van der Waals surface area contributed by atoms with Gasteiger partial charge in [0, 0.05) is 63.0 Å². The minimum Gasteiger partial charge on any atom is -0.493 e. The number of piperazine rings is 1. The molecule has 36 heavy (non-hydrogen) atoms. The van der Waals surface area contributed by atoms with Gasteiger partial charge in [0.2, 0.25) is 24.4 Å². The first-order valence-corrected chi connectivity index (χ1v) is 12.0. The van der Waals surface area contributed by atoms with Gasteiger partial charge in [-0.3, -0.25) is 14.5 Å². The van der Waals surface area contributed by atoms with Crippen molar-refractivity contribution < 1.29 is 33.3 Å². The summed E-state index contributed by atoms with van der Waals surface area (Å²) in [5.41, 5.74) is 1.73. The van der Waals surface area contributed by atoms with Crippen molar-refractivity contribution in [2.45, 2.75) is 13.0 Å². The summed E-state index contributed by atoms with van der Waals surface area (Å²) in [6.45, 7) is 3.92. The zero-order valence-corrected chi connectivity index (χ0v) is 20.8. The lowest BCUT2D eigenvalue weighted by Crippen LogP contribution is -2.50. The number of carbonyl (C=O) groups is 2. The van der Waals surface area contributed by atoms with Gasteiger partial charge in [-0.25, -0.2) is 0 Å². The summed E-state index contributed by atoms with van der Waals surface area (Å²) in [5, 5.41) is 0. The Labute approximate surface area is 210 Å². The van der Waals surface area contributed by atoms with Crippen molar-refractivity contribution in [2.75, 3.05) is 65.7 Å². The quantitative estimate of drug-likeness (QED) is 0.575. The van der Waals surface area contributed by atoms with Gasteiger partial charge < -0.3 is 33.5 Å². The zero-order chi connectivity index (χ0) is 25.2. The van der Waals surface area contributed by atoms with E-state index in [1.165, 1.54) is 0 Å². The van der Waals surface area contributed by atoms with Gasteiger partial charge in [-0.05, 0) is 18.2 Å². The Morgan fingerprint density at radius 3 is 2.42 bits per heavy atom. The van der Waals surface area contributed by atoms with E-state index in [1.807, 2.05) is 23.1 Å². The number of nitrogens with zero attached hydrogens (tertiary/aromatic N) is 3. The highest BCUT2D eigenvalue weighted by molar-refractivity contribution is 6.00. The standard InChI is InChI=1S/C26H31N3O7/c1-32-21-6-4-17(24(33-2)25(21)34-3)14-27-8-10-28(11-9-27)26(31)18-12-23(30)29(15-18)19-5-7-20-22(13-19)36-16-35-20/h4-7,13,18H,8-12,14-16H2,1-3H3. The maximum atomic E-state index is 13.3. The fraction of sp³-hybridized carbons (Fsp3) is 0.462. The first-order valence-electron chi connectivity index (χ1n) is 12.0. The summed E-state index contributed by atoms with van der Waals surface area (Å²) < 4.78 is 27.3. The van der Waals surface area contributed by atoms with Gasteiger partial charge in [0.15, 0.2) is 23.0 Å². The van der Waals surface area contributed by atoms with Crippen molar-refractivity contribution in [1.82, 2.24) is 9.80 Å². The molecule has 2 amide bonds. The number of amides is 2. The molecule has 0 aliphatic carbocycles. The van der Waals surface area contributed by atoms with E-state index in [4.69, 9.17) is 23.7 Å². The summed E-state index contributed by atoms with van der Waals surface area (Å²) in [6, 6.07) is 9.28. The summed E-state index contributed by atoms with van der Waals surface area (Å²) in [6.07, 6.45) is 0.219. The third-order valence-corrected chi connectivity index (χ3v) is 7.01. The van der Waals surface area contributed by atoms with Crippen LogP contribution in [0.2, 0.25) is 0 Å². The predicted octanol–water partition coefficient (Wildman–Crippen LogP) is 2.14. The average molecular weight is 498 g/mol.